The number of hydrogen-bond acceptors (Lipinski definition) is 3. The van der Waals surface area contributed by atoms with Crippen molar-refractivity contribution in [1.82, 2.24) is 10.2 Å². The fourth-order valence-electron chi connectivity index (χ4n) is 1.64. The van der Waals surface area contributed by atoms with E-state index in [2.05, 4.69) is 24.1 Å². The molecule has 1 atom stereocenters. The molecule has 0 bridgehead atoms. The summed E-state index contributed by atoms with van der Waals surface area (Å²) >= 11 is 0. The van der Waals surface area contributed by atoms with Crippen molar-refractivity contribution in [2.75, 3.05) is 20.6 Å². The van der Waals surface area contributed by atoms with Crippen LogP contribution in [0.5, 0.6) is 0 Å². The van der Waals surface area contributed by atoms with Crippen molar-refractivity contribution in [1.29, 1.82) is 0 Å². The monoisotopic (exact) mass is 202 g/mol. The van der Waals surface area contributed by atoms with Crippen LogP contribution < -0.4 is 5.32 Å². The number of rotatable bonds is 7. The summed E-state index contributed by atoms with van der Waals surface area (Å²) in [7, 11) is 3.66. The molecule has 0 aliphatic rings. The molecule has 0 spiro atoms. The number of carboxylic acids is 1. The molecule has 0 saturated heterocycles. The van der Waals surface area contributed by atoms with E-state index >= 15 is 0 Å². The van der Waals surface area contributed by atoms with Gasteiger partial charge in [-0.05, 0) is 26.9 Å². The zero-order valence-corrected chi connectivity index (χ0v) is 9.58. The molecule has 4 heteroatoms. The standard InChI is InChI=1S/C10H22N2O2/c1-5-8(6-2)12(4)7-9(11-3)10(13)14/h8-9,11H,5-7H2,1-4H3,(H,13,14). The minimum atomic E-state index is -0.787. The molecular formula is C10H22N2O2. The number of nitrogens with zero attached hydrogens (tertiary/aromatic N) is 1. The van der Waals surface area contributed by atoms with E-state index in [9.17, 15) is 4.79 Å². The molecule has 84 valence electrons. The molecular weight excluding hydrogens is 180 g/mol. The zero-order chi connectivity index (χ0) is 11.1. The molecule has 0 aliphatic carbocycles. The highest BCUT2D eigenvalue weighted by atomic mass is 16.4. The normalized spacial score (nSPS) is 13.6. The number of likely N-dealkylation sites (N-methyl/N-ethyl adjacent to an activating group) is 2. The number of hydrogen-bond donors (Lipinski definition) is 2. The highest BCUT2D eigenvalue weighted by molar-refractivity contribution is 5.73. The van der Waals surface area contributed by atoms with Crippen LogP contribution in [0.4, 0.5) is 0 Å². The van der Waals surface area contributed by atoms with Crippen molar-refractivity contribution in [3.05, 3.63) is 0 Å². The Morgan fingerprint density at radius 2 is 1.93 bits per heavy atom. The second-order valence-corrected chi connectivity index (χ2v) is 3.59. The molecule has 0 fully saturated rings. The van der Waals surface area contributed by atoms with Crippen molar-refractivity contribution < 1.29 is 9.90 Å². The van der Waals surface area contributed by atoms with Gasteiger partial charge in [-0.25, -0.2) is 0 Å². The number of aliphatic carboxylic acids is 1. The Bertz CT molecular complexity index is 170. The van der Waals surface area contributed by atoms with Crippen molar-refractivity contribution in [2.45, 2.75) is 38.8 Å². The predicted octanol–water partition coefficient (Wildman–Crippen LogP) is 0.779. The van der Waals surface area contributed by atoms with Crippen molar-refractivity contribution >= 4 is 5.97 Å². The third-order valence-electron chi connectivity index (χ3n) is 2.68. The largest absolute Gasteiger partial charge is 0.480 e. The Balaban J connectivity index is 4.12. The molecule has 0 amide bonds. The van der Waals surface area contributed by atoms with Crippen molar-refractivity contribution in [2.24, 2.45) is 0 Å². The van der Waals surface area contributed by atoms with E-state index in [4.69, 9.17) is 5.11 Å². The van der Waals surface area contributed by atoms with Crippen LogP contribution in [0.15, 0.2) is 0 Å². The summed E-state index contributed by atoms with van der Waals surface area (Å²) in [6.45, 7) is 4.80. The third kappa shape index (κ3) is 4.07. The number of carboxylic acid groups (broad SMARTS) is 1. The van der Waals surface area contributed by atoms with Crippen molar-refractivity contribution in [3.8, 4) is 0 Å². The average molecular weight is 202 g/mol. The van der Waals surface area contributed by atoms with Gasteiger partial charge in [-0.3, -0.25) is 4.79 Å². The lowest BCUT2D eigenvalue weighted by Gasteiger charge is -2.28. The van der Waals surface area contributed by atoms with E-state index in [1.165, 1.54) is 0 Å². The molecule has 0 aromatic rings. The summed E-state index contributed by atoms with van der Waals surface area (Å²) < 4.78 is 0. The Morgan fingerprint density at radius 1 is 1.43 bits per heavy atom. The van der Waals surface area contributed by atoms with Crippen LogP contribution >= 0.6 is 0 Å². The number of nitrogens with one attached hydrogen (secondary N) is 1. The molecule has 1 unspecified atom stereocenters. The highest BCUT2D eigenvalue weighted by Crippen LogP contribution is 2.06. The summed E-state index contributed by atoms with van der Waals surface area (Å²) in [5.41, 5.74) is 0. The summed E-state index contributed by atoms with van der Waals surface area (Å²) in [4.78, 5) is 12.9. The number of carbonyl (C=O) groups is 1. The minimum absolute atomic E-state index is 0.472. The van der Waals surface area contributed by atoms with Gasteiger partial charge in [-0.15, -0.1) is 0 Å². The summed E-state index contributed by atoms with van der Waals surface area (Å²) in [6.07, 6.45) is 2.12. The first-order valence-electron chi connectivity index (χ1n) is 5.17. The predicted molar refractivity (Wildman–Crippen MR) is 57.5 cm³/mol. The highest BCUT2D eigenvalue weighted by Gasteiger charge is 2.20. The molecule has 2 N–H and O–H groups in total. The fraction of sp³-hybridized carbons (Fsp3) is 0.900. The molecule has 0 saturated carbocycles. The Kier molecular flexibility index (Phi) is 6.49. The quantitative estimate of drug-likeness (QED) is 0.640. The first kappa shape index (κ1) is 13.4. The first-order valence-corrected chi connectivity index (χ1v) is 5.17. The summed E-state index contributed by atoms with van der Waals surface area (Å²) in [5.74, 6) is -0.787. The van der Waals surface area contributed by atoms with Crippen LogP contribution in [-0.2, 0) is 4.79 Å². The molecule has 0 aromatic heterocycles. The molecule has 14 heavy (non-hydrogen) atoms. The second-order valence-electron chi connectivity index (χ2n) is 3.59. The minimum Gasteiger partial charge on any atom is -0.480 e. The van der Waals surface area contributed by atoms with Crippen LogP contribution in [0.3, 0.4) is 0 Å². The SMILES string of the molecule is CCC(CC)N(C)CC(NC)C(=O)O. The molecule has 4 nitrogen and oxygen atoms in total. The van der Waals surface area contributed by atoms with Gasteiger partial charge in [0.1, 0.15) is 6.04 Å². The van der Waals surface area contributed by atoms with Gasteiger partial charge in [0.15, 0.2) is 0 Å². The van der Waals surface area contributed by atoms with E-state index in [0.29, 0.717) is 12.6 Å². The lowest BCUT2D eigenvalue weighted by atomic mass is 10.1. The maximum absolute atomic E-state index is 10.8. The summed E-state index contributed by atoms with van der Waals surface area (Å²) in [6, 6.07) is 0.00537. The van der Waals surface area contributed by atoms with Crippen LogP contribution in [0.2, 0.25) is 0 Å². The van der Waals surface area contributed by atoms with Gasteiger partial charge < -0.3 is 15.3 Å². The van der Waals surface area contributed by atoms with E-state index in [1.807, 2.05) is 7.05 Å². The van der Waals surface area contributed by atoms with E-state index in [1.54, 1.807) is 7.05 Å². The summed E-state index contributed by atoms with van der Waals surface area (Å²) in [5, 5.41) is 11.7. The van der Waals surface area contributed by atoms with Crippen LogP contribution in [0, 0.1) is 0 Å². The topological polar surface area (TPSA) is 52.6 Å². The van der Waals surface area contributed by atoms with E-state index < -0.39 is 12.0 Å². The van der Waals surface area contributed by atoms with Gasteiger partial charge in [0.05, 0.1) is 0 Å². The maximum atomic E-state index is 10.8. The molecule has 0 heterocycles. The Morgan fingerprint density at radius 3 is 2.21 bits per heavy atom. The lowest BCUT2D eigenvalue weighted by Crippen LogP contribution is -2.46. The third-order valence-corrected chi connectivity index (χ3v) is 2.68. The van der Waals surface area contributed by atoms with E-state index in [0.717, 1.165) is 12.8 Å². The average Bonchev–Trinajstić information content (AvgIpc) is 2.15. The van der Waals surface area contributed by atoms with Gasteiger partial charge >= 0.3 is 5.97 Å². The van der Waals surface area contributed by atoms with Crippen LogP contribution in [-0.4, -0.2) is 48.7 Å². The Labute approximate surface area is 86.3 Å². The zero-order valence-electron chi connectivity index (χ0n) is 9.58. The first-order chi connectivity index (χ1) is 6.56. The lowest BCUT2D eigenvalue weighted by molar-refractivity contribution is -0.139. The fourth-order valence-corrected chi connectivity index (χ4v) is 1.64. The van der Waals surface area contributed by atoms with Crippen molar-refractivity contribution in [3.63, 3.8) is 0 Å². The molecule has 0 radical (unpaired) electrons. The maximum Gasteiger partial charge on any atom is 0.322 e. The second kappa shape index (κ2) is 6.79. The molecule has 0 aromatic carbocycles. The van der Waals surface area contributed by atoms with Gasteiger partial charge in [-0.2, -0.15) is 0 Å². The van der Waals surface area contributed by atoms with Gasteiger partial charge in [-0.1, -0.05) is 13.8 Å². The van der Waals surface area contributed by atoms with Gasteiger partial charge in [0.2, 0.25) is 0 Å². The van der Waals surface area contributed by atoms with E-state index in [-0.39, 0.29) is 0 Å². The van der Waals surface area contributed by atoms with Gasteiger partial charge in [0.25, 0.3) is 0 Å². The molecule has 0 aliphatic heterocycles. The molecule has 0 rings (SSSR count). The van der Waals surface area contributed by atoms with Crippen LogP contribution in [0.25, 0.3) is 0 Å². The smallest absolute Gasteiger partial charge is 0.322 e. The van der Waals surface area contributed by atoms with Gasteiger partial charge in [0, 0.05) is 12.6 Å². The Hall–Kier alpha value is -0.610. The van der Waals surface area contributed by atoms with Crippen LogP contribution in [0.1, 0.15) is 26.7 Å².